The summed E-state index contributed by atoms with van der Waals surface area (Å²) in [5.74, 6) is 0.844. The number of para-hydroxylation sites is 4. The lowest BCUT2D eigenvalue weighted by atomic mass is 9.86. The molecular formula is C25H24F3N3O4S. The van der Waals surface area contributed by atoms with Crippen LogP contribution in [0.4, 0.5) is 24.5 Å². The van der Waals surface area contributed by atoms with Crippen LogP contribution in [0.1, 0.15) is 19.3 Å². The molecule has 5 rings (SSSR count). The fourth-order valence-corrected chi connectivity index (χ4v) is 6.11. The molecule has 2 aliphatic rings. The summed E-state index contributed by atoms with van der Waals surface area (Å²) < 4.78 is 71.6. The van der Waals surface area contributed by atoms with Crippen LogP contribution in [-0.2, 0) is 9.92 Å². The average molecular weight is 520 g/mol. The third-order valence-corrected chi connectivity index (χ3v) is 7.90. The SMILES string of the molecule is N=S(=O)(N[C@H]1CCC[C@@H](N2c3ccccc3Oc3ccccc32)[C@H]1O)c1ccc(OC(F)(F)F)cc1. The van der Waals surface area contributed by atoms with Crippen LogP contribution < -0.4 is 19.1 Å². The van der Waals surface area contributed by atoms with E-state index in [0.29, 0.717) is 30.8 Å². The van der Waals surface area contributed by atoms with Gasteiger partial charge < -0.3 is 19.5 Å². The number of rotatable bonds is 5. The van der Waals surface area contributed by atoms with Crippen molar-refractivity contribution < 1.29 is 32.0 Å². The van der Waals surface area contributed by atoms with E-state index < -0.39 is 34.2 Å². The number of hydrogen-bond donors (Lipinski definition) is 3. The summed E-state index contributed by atoms with van der Waals surface area (Å²) in [7, 11) is -3.62. The molecule has 190 valence electrons. The van der Waals surface area contributed by atoms with E-state index in [1.165, 1.54) is 0 Å². The normalized spacial score (nSPS) is 23.1. The minimum atomic E-state index is -4.85. The van der Waals surface area contributed by atoms with Crippen LogP contribution in [0.15, 0.2) is 77.7 Å². The fraction of sp³-hybridized carbons (Fsp3) is 0.280. The van der Waals surface area contributed by atoms with Crippen LogP contribution in [0.3, 0.4) is 0 Å². The number of fused-ring (bicyclic) bond motifs is 2. The summed E-state index contributed by atoms with van der Waals surface area (Å²) in [6.07, 6.45) is -3.99. The van der Waals surface area contributed by atoms with E-state index in [9.17, 15) is 22.5 Å². The number of anilines is 2. The number of aliphatic hydroxyl groups excluding tert-OH is 1. The van der Waals surface area contributed by atoms with Gasteiger partial charge in [0.05, 0.1) is 28.4 Å². The highest BCUT2D eigenvalue weighted by atomic mass is 32.2. The van der Waals surface area contributed by atoms with Gasteiger partial charge in [0.25, 0.3) is 0 Å². The smallest absolute Gasteiger partial charge is 0.453 e. The van der Waals surface area contributed by atoms with Crippen LogP contribution in [0.25, 0.3) is 0 Å². The topological polar surface area (TPSA) is 94.9 Å². The van der Waals surface area contributed by atoms with Gasteiger partial charge in [-0.05, 0) is 67.8 Å². The van der Waals surface area contributed by atoms with Gasteiger partial charge in [-0.15, -0.1) is 13.2 Å². The largest absolute Gasteiger partial charge is 0.573 e. The second-order valence-corrected chi connectivity index (χ2v) is 10.5. The first-order valence-electron chi connectivity index (χ1n) is 11.4. The molecule has 7 nitrogen and oxygen atoms in total. The van der Waals surface area contributed by atoms with Crippen molar-refractivity contribution in [1.29, 1.82) is 4.78 Å². The molecule has 4 atom stereocenters. The molecular weight excluding hydrogens is 495 g/mol. The van der Waals surface area contributed by atoms with E-state index in [4.69, 9.17) is 9.52 Å². The van der Waals surface area contributed by atoms with Crippen molar-refractivity contribution in [3.8, 4) is 17.2 Å². The lowest BCUT2D eigenvalue weighted by molar-refractivity contribution is -0.274. The van der Waals surface area contributed by atoms with E-state index in [1.54, 1.807) is 0 Å². The van der Waals surface area contributed by atoms with Gasteiger partial charge in [0.15, 0.2) is 11.5 Å². The van der Waals surface area contributed by atoms with Gasteiger partial charge in [0.2, 0.25) is 0 Å². The van der Waals surface area contributed by atoms with Crippen molar-refractivity contribution in [2.24, 2.45) is 0 Å². The first-order chi connectivity index (χ1) is 17.1. The van der Waals surface area contributed by atoms with Gasteiger partial charge in [-0.3, -0.25) is 0 Å². The molecule has 1 saturated carbocycles. The second-order valence-electron chi connectivity index (χ2n) is 8.70. The van der Waals surface area contributed by atoms with Crippen molar-refractivity contribution in [1.82, 2.24) is 4.72 Å². The molecule has 1 unspecified atom stereocenters. The number of hydrogen-bond acceptors (Lipinski definition) is 6. The fourth-order valence-electron chi connectivity index (χ4n) is 4.77. The monoisotopic (exact) mass is 519 g/mol. The zero-order valence-corrected chi connectivity index (χ0v) is 19.8. The third-order valence-electron chi connectivity index (χ3n) is 6.33. The molecule has 36 heavy (non-hydrogen) atoms. The second kappa shape index (κ2) is 9.30. The molecule has 1 heterocycles. The summed E-state index contributed by atoms with van der Waals surface area (Å²) in [6, 6.07) is 18.3. The number of alkyl halides is 3. The van der Waals surface area contributed by atoms with Crippen molar-refractivity contribution in [3.05, 3.63) is 72.8 Å². The minimum Gasteiger partial charge on any atom is -0.453 e. The maximum absolute atomic E-state index is 13.2. The predicted molar refractivity (Wildman–Crippen MR) is 128 cm³/mol. The van der Waals surface area contributed by atoms with Gasteiger partial charge in [-0.25, -0.2) is 13.7 Å². The Morgan fingerprint density at radius 1 is 0.972 bits per heavy atom. The Morgan fingerprint density at radius 2 is 1.56 bits per heavy atom. The molecule has 0 bridgehead atoms. The molecule has 0 spiro atoms. The van der Waals surface area contributed by atoms with E-state index in [2.05, 4.69) is 9.46 Å². The maximum Gasteiger partial charge on any atom is 0.573 e. The van der Waals surface area contributed by atoms with Gasteiger partial charge in [0.1, 0.15) is 15.7 Å². The van der Waals surface area contributed by atoms with Crippen molar-refractivity contribution >= 4 is 21.3 Å². The van der Waals surface area contributed by atoms with E-state index >= 15 is 0 Å². The number of ether oxygens (including phenoxy) is 2. The highest BCUT2D eigenvalue weighted by Gasteiger charge is 2.40. The van der Waals surface area contributed by atoms with Crippen molar-refractivity contribution in [3.63, 3.8) is 0 Å². The van der Waals surface area contributed by atoms with Gasteiger partial charge in [-0.1, -0.05) is 24.3 Å². The summed E-state index contributed by atoms with van der Waals surface area (Å²) >= 11 is 0. The predicted octanol–water partition coefficient (Wildman–Crippen LogP) is 5.72. The molecule has 1 fully saturated rings. The Balaban J connectivity index is 1.39. The van der Waals surface area contributed by atoms with Crippen LogP contribution in [-0.4, -0.2) is 33.9 Å². The molecule has 0 aromatic heterocycles. The lowest BCUT2D eigenvalue weighted by Gasteiger charge is -2.45. The van der Waals surface area contributed by atoms with Crippen molar-refractivity contribution in [2.75, 3.05) is 4.90 Å². The molecule has 0 saturated heterocycles. The quantitative estimate of drug-likeness (QED) is 0.401. The van der Waals surface area contributed by atoms with E-state index in [0.717, 1.165) is 35.6 Å². The summed E-state index contributed by atoms with van der Waals surface area (Å²) in [5.41, 5.74) is 1.60. The molecule has 3 aromatic carbocycles. The Morgan fingerprint density at radius 3 is 2.14 bits per heavy atom. The Bertz CT molecular complexity index is 1300. The highest BCUT2D eigenvalue weighted by molar-refractivity contribution is 7.90. The Hall–Kier alpha value is -3.28. The average Bonchev–Trinajstić information content (AvgIpc) is 2.83. The minimum absolute atomic E-state index is 0.00610. The zero-order valence-electron chi connectivity index (χ0n) is 18.9. The lowest BCUT2D eigenvalue weighted by Crippen LogP contribution is -2.55. The van der Waals surface area contributed by atoms with Crippen LogP contribution in [0, 0.1) is 4.78 Å². The third kappa shape index (κ3) is 4.86. The van der Waals surface area contributed by atoms with E-state index in [-0.39, 0.29) is 10.9 Å². The Labute approximate surface area is 206 Å². The maximum atomic E-state index is 13.2. The molecule has 3 N–H and O–H groups in total. The number of nitrogens with one attached hydrogen (secondary N) is 2. The molecule has 11 heteroatoms. The van der Waals surface area contributed by atoms with E-state index in [1.807, 2.05) is 53.4 Å². The zero-order chi connectivity index (χ0) is 25.5. The first-order valence-corrected chi connectivity index (χ1v) is 12.9. The first kappa shape index (κ1) is 24.4. The number of aliphatic hydroxyl groups is 1. The molecule has 0 radical (unpaired) electrons. The van der Waals surface area contributed by atoms with Crippen LogP contribution in [0.5, 0.6) is 17.2 Å². The number of benzene rings is 3. The van der Waals surface area contributed by atoms with Crippen LogP contribution in [0.2, 0.25) is 0 Å². The number of nitrogens with zero attached hydrogens (tertiary/aromatic N) is 1. The summed E-state index contributed by atoms with van der Waals surface area (Å²) in [6.45, 7) is 0. The summed E-state index contributed by atoms with van der Waals surface area (Å²) in [4.78, 5) is 2.02. The van der Waals surface area contributed by atoms with Gasteiger partial charge in [0, 0.05) is 6.04 Å². The molecule has 3 aromatic rings. The van der Waals surface area contributed by atoms with Crippen LogP contribution >= 0.6 is 0 Å². The molecule has 0 amide bonds. The highest BCUT2D eigenvalue weighted by Crippen LogP contribution is 2.49. The van der Waals surface area contributed by atoms with Crippen molar-refractivity contribution in [2.45, 2.75) is 48.7 Å². The molecule has 1 aliphatic carbocycles. The summed E-state index contributed by atoms with van der Waals surface area (Å²) in [5, 5.41) is 11.4. The molecule has 1 aliphatic heterocycles. The van der Waals surface area contributed by atoms with Gasteiger partial charge >= 0.3 is 6.36 Å². The Kier molecular flexibility index (Phi) is 6.31. The number of halogens is 3. The van der Waals surface area contributed by atoms with Gasteiger partial charge in [-0.2, -0.15) is 0 Å². The standard InChI is InChI=1S/C25H24F3N3O4S/c26-25(27,28)35-16-12-14-17(15-13-16)36(29,33)30-18-6-5-9-21(24(18)32)31-19-7-1-3-10-22(19)34-23-11-4-2-8-20(23)31/h1-4,7-8,10-15,18,21,24,32H,5-6,9H2,(H2,29,30,33)/t18-,21+,24-,36?/m0/s1.